The first kappa shape index (κ1) is 25.7. The number of aliphatic carboxylic acids is 1. The monoisotopic (exact) mass is 481 g/mol. The van der Waals surface area contributed by atoms with Crippen LogP contribution in [0.5, 0.6) is 0 Å². The molecule has 35 heavy (non-hydrogen) atoms. The molecule has 0 heterocycles. The smallest absolute Gasteiger partial charge is 0.407 e. The number of rotatable bonds is 11. The van der Waals surface area contributed by atoms with Gasteiger partial charge in [0.05, 0.1) is 6.54 Å². The van der Waals surface area contributed by atoms with Crippen LogP contribution in [-0.4, -0.2) is 66.7 Å². The summed E-state index contributed by atoms with van der Waals surface area (Å²) in [5.41, 5.74) is 4.29. The van der Waals surface area contributed by atoms with Crippen molar-refractivity contribution in [1.29, 1.82) is 0 Å². The van der Waals surface area contributed by atoms with E-state index in [0.717, 1.165) is 28.7 Å². The summed E-state index contributed by atoms with van der Waals surface area (Å²) in [6.45, 7) is 2.26. The third kappa shape index (κ3) is 6.59. The highest BCUT2D eigenvalue weighted by atomic mass is 16.5. The standard InChI is InChI=1S/C26H31N3O6/c1-3-14-27-23(30)15-29(2)25(33)22(12-13-24(31)32)28-26(34)35-16-21-19-10-6-4-8-17(19)18-9-5-7-11-20(18)21/h4-11,21-22H,3,12-16H2,1-2H3,(H,27,30)(H,28,34)(H,31,32). The lowest BCUT2D eigenvalue weighted by atomic mass is 9.98. The minimum absolute atomic E-state index is 0.0644. The van der Waals surface area contributed by atoms with Gasteiger partial charge in [-0.15, -0.1) is 0 Å². The van der Waals surface area contributed by atoms with E-state index >= 15 is 0 Å². The van der Waals surface area contributed by atoms with Crippen molar-refractivity contribution in [3.63, 3.8) is 0 Å². The number of likely N-dealkylation sites (N-methyl/N-ethyl adjacent to an activating group) is 1. The van der Waals surface area contributed by atoms with Crippen LogP contribution in [0.3, 0.4) is 0 Å². The lowest BCUT2D eigenvalue weighted by Crippen LogP contribution is -2.50. The fourth-order valence-electron chi connectivity index (χ4n) is 4.19. The summed E-state index contributed by atoms with van der Waals surface area (Å²) in [7, 11) is 1.43. The van der Waals surface area contributed by atoms with Crippen LogP contribution in [0.15, 0.2) is 48.5 Å². The second-order valence-electron chi connectivity index (χ2n) is 8.50. The molecule has 1 atom stereocenters. The van der Waals surface area contributed by atoms with Crippen LogP contribution in [0.2, 0.25) is 0 Å². The lowest BCUT2D eigenvalue weighted by molar-refractivity contribution is -0.139. The van der Waals surface area contributed by atoms with Gasteiger partial charge in [-0.05, 0) is 35.1 Å². The van der Waals surface area contributed by atoms with Crippen LogP contribution in [0.1, 0.15) is 43.2 Å². The van der Waals surface area contributed by atoms with E-state index in [2.05, 4.69) is 10.6 Å². The first-order chi connectivity index (χ1) is 16.8. The molecule has 2 aromatic rings. The third-order valence-electron chi connectivity index (χ3n) is 5.91. The zero-order valence-corrected chi connectivity index (χ0v) is 20.0. The molecule has 1 unspecified atom stereocenters. The Labute approximate surface area is 204 Å². The first-order valence-electron chi connectivity index (χ1n) is 11.7. The van der Waals surface area contributed by atoms with Gasteiger partial charge in [0, 0.05) is 25.9 Å². The van der Waals surface area contributed by atoms with Gasteiger partial charge in [0.15, 0.2) is 0 Å². The molecule has 0 fully saturated rings. The van der Waals surface area contributed by atoms with Crippen LogP contribution in [0, 0.1) is 0 Å². The number of fused-ring (bicyclic) bond motifs is 3. The van der Waals surface area contributed by atoms with Gasteiger partial charge in [0.1, 0.15) is 12.6 Å². The summed E-state index contributed by atoms with van der Waals surface area (Å²) in [4.78, 5) is 49.7. The molecule has 3 amide bonds. The van der Waals surface area contributed by atoms with E-state index in [1.165, 1.54) is 11.9 Å². The number of hydrogen-bond donors (Lipinski definition) is 3. The number of nitrogens with zero attached hydrogens (tertiary/aromatic N) is 1. The molecule has 0 saturated heterocycles. The van der Waals surface area contributed by atoms with Gasteiger partial charge < -0.3 is 25.4 Å². The summed E-state index contributed by atoms with van der Waals surface area (Å²) >= 11 is 0. The maximum atomic E-state index is 12.9. The van der Waals surface area contributed by atoms with Crippen LogP contribution in [0.4, 0.5) is 4.79 Å². The summed E-state index contributed by atoms with van der Waals surface area (Å²) < 4.78 is 5.49. The Balaban J connectivity index is 1.64. The zero-order valence-electron chi connectivity index (χ0n) is 20.0. The van der Waals surface area contributed by atoms with E-state index in [9.17, 15) is 19.2 Å². The minimum Gasteiger partial charge on any atom is -0.481 e. The molecule has 9 heteroatoms. The summed E-state index contributed by atoms with van der Waals surface area (Å²) in [5, 5.41) is 14.2. The number of amides is 3. The van der Waals surface area contributed by atoms with Crippen LogP contribution < -0.4 is 10.6 Å². The highest BCUT2D eigenvalue weighted by Crippen LogP contribution is 2.44. The SMILES string of the molecule is CCCNC(=O)CN(C)C(=O)C(CCC(=O)O)NC(=O)OCC1c2ccccc2-c2ccccc21. The topological polar surface area (TPSA) is 125 Å². The molecule has 1 aliphatic carbocycles. The van der Waals surface area contributed by atoms with Gasteiger partial charge in [-0.25, -0.2) is 4.79 Å². The van der Waals surface area contributed by atoms with Gasteiger partial charge in [0.2, 0.25) is 11.8 Å². The average molecular weight is 482 g/mol. The van der Waals surface area contributed by atoms with Gasteiger partial charge in [0.25, 0.3) is 0 Å². The largest absolute Gasteiger partial charge is 0.481 e. The number of benzene rings is 2. The van der Waals surface area contributed by atoms with Gasteiger partial charge in [-0.3, -0.25) is 14.4 Å². The second kappa shape index (κ2) is 12.0. The highest BCUT2D eigenvalue weighted by Gasteiger charge is 2.30. The van der Waals surface area contributed by atoms with Crippen molar-refractivity contribution >= 4 is 23.9 Å². The number of carboxylic acid groups (broad SMARTS) is 1. The maximum absolute atomic E-state index is 12.9. The molecule has 3 rings (SSSR count). The molecule has 0 bridgehead atoms. The van der Waals surface area contributed by atoms with E-state index in [0.29, 0.717) is 6.54 Å². The fraction of sp³-hybridized carbons (Fsp3) is 0.385. The number of hydrogen-bond acceptors (Lipinski definition) is 5. The van der Waals surface area contributed by atoms with Crippen molar-refractivity contribution in [2.75, 3.05) is 26.7 Å². The summed E-state index contributed by atoms with van der Waals surface area (Å²) in [6, 6.07) is 14.7. The Morgan fingerprint density at radius 2 is 1.63 bits per heavy atom. The molecule has 3 N–H and O–H groups in total. The van der Waals surface area contributed by atoms with E-state index in [1.54, 1.807) is 0 Å². The van der Waals surface area contributed by atoms with E-state index < -0.39 is 24.0 Å². The molecular weight excluding hydrogens is 450 g/mol. The molecule has 0 aromatic heterocycles. The molecule has 0 radical (unpaired) electrons. The molecule has 9 nitrogen and oxygen atoms in total. The number of nitrogens with one attached hydrogen (secondary N) is 2. The lowest BCUT2D eigenvalue weighted by Gasteiger charge is -2.24. The van der Waals surface area contributed by atoms with Gasteiger partial charge >= 0.3 is 12.1 Å². The summed E-state index contributed by atoms with van der Waals surface area (Å²) in [5.74, 6) is -2.14. The normalized spacial score (nSPS) is 12.7. The van der Waals surface area contributed by atoms with Crippen molar-refractivity contribution in [1.82, 2.24) is 15.5 Å². The van der Waals surface area contributed by atoms with E-state index in [-0.39, 0.29) is 37.8 Å². The van der Waals surface area contributed by atoms with Crippen LogP contribution in [-0.2, 0) is 19.1 Å². The zero-order chi connectivity index (χ0) is 25.4. The number of carbonyl (C=O) groups excluding carboxylic acids is 3. The van der Waals surface area contributed by atoms with Crippen LogP contribution in [0.25, 0.3) is 11.1 Å². The number of ether oxygens (including phenoxy) is 1. The minimum atomic E-state index is -1.13. The molecule has 2 aromatic carbocycles. The number of alkyl carbamates (subject to hydrolysis) is 1. The molecule has 0 saturated carbocycles. The first-order valence-corrected chi connectivity index (χ1v) is 11.7. The van der Waals surface area contributed by atoms with Crippen LogP contribution >= 0.6 is 0 Å². The van der Waals surface area contributed by atoms with E-state index in [4.69, 9.17) is 9.84 Å². The second-order valence-corrected chi connectivity index (χ2v) is 8.50. The fourth-order valence-corrected chi connectivity index (χ4v) is 4.19. The van der Waals surface area contributed by atoms with Crippen molar-refractivity contribution in [3.8, 4) is 11.1 Å². The molecule has 0 aliphatic heterocycles. The predicted octanol–water partition coefficient (Wildman–Crippen LogP) is 2.74. The van der Waals surface area contributed by atoms with E-state index in [1.807, 2.05) is 55.5 Å². The summed E-state index contributed by atoms with van der Waals surface area (Å²) in [6.07, 6.45) is -0.511. The third-order valence-corrected chi connectivity index (χ3v) is 5.91. The molecule has 1 aliphatic rings. The Bertz CT molecular complexity index is 1040. The van der Waals surface area contributed by atoms with Crippen molar-refractivity contribution < 1.29 is 29.0 Å². The van der Waals surface area contributed by atoms with Gasteiger partial charge in [-0.2, -0.15) is 0 Å². The number of carboxylic acids is 1. The Morgan fingerprint density at radius 1 is 1.03 bits per heavy atom. The Hall–Kier alpha value is -3.88. The highest BCUT2D eigenvalue weighted by molar-refractivity contribution is 5.89. The Kier molecular flexibility index (Phi) is 8.83. The molecular formula is C26H31N3O6. The van der Waals surface area contributed by atoms with Crippen molar-refractivity contribution in [2.24, 2.45) is 0 Å². The average Bonchev–Trinajstić information content (AvgIpc) is 3.17. The van der Waals surface area contributed by atoms with Gasteiger partial charge in [-0.1, -0.05) is 55.5 Å². The quantitative estimate of drug-likeness (QED) is 0.453. The molecule has 0 spiro atoms. The van der Waals surface area contributed by atoms with Crippen molar-refractivity contribution in [3.05, 3.63) is 59.7 Å². The predicted molar refractivity (Wildman–Crippen MR) is 130 cm³/mol. The molecule has 186 valence electrons. The Morgan fingerprint density at radius 3 is 2.20 bits per heavy atom. The number of carbonyl (C=O) groups is 4. The van der Waals surface area contributed by atoms with Crippen molar-refractivity contribution in [2.45, 2.75) is 38.1 Å². The maximum Gasteiger partial charge on any atom is 0.407 e.